The number of hydrogen-bond donors (Lipinski definition) is 3. The van der Waals surface area contributed by atoms with E-state index in [0.29, 0.717) is 11.3 Å². The third kappa shape index (κ3) is 3.26. The standard InChI is InChI=1S/C17H14N4O2/c18-14-3-1-2-12(8-14)16(22)21-15-9-13(10-20-17(15)23)11-4-6-19-7-5-11/h1-10H,18H2,(H,20,23)(H,21,22). The first-order chi connectivity index (χ1) is 11.1. The second-order valence-corrected chi connectivity index (χ2v) is 4.95. The number of aromatic amines is 1. The summed E-state index contributed by atoms with van der Waals surface area (Å²) in [5.74, 6) is -0.394. The van der Waals surface area contributed by atoms with E-state index in [1.54, 1.807) is 48.9 Å². The summed E-state index contributed by atoms with van der Waals surface area (Å²) in [6.07, 6.45) is 4.91. The second-order valence-electron chi connectivity index (χ2n) is 4.95. The van der Waals surface area contributed by atoms with Gasteiger partial charge >= 0.3 is 0 Å². The van der Waals surface area contributed by atoms with Gasteiger partial charge in [0.05, 0.1) is 0 Å². The average molecular weight is 306 g/mol. The van der Waals surface area contributed by atoms with E-state index in [-0.39, 0.29) is 11.2 Å². The van der Waals surface area contributed by atoms with E-state index in [9.17, 15) is 9.59 Å². The van der Waals surface area contributed by atoms with Crippen molar-refractivity contribution in [3.63, 3.8) is 0 Å². The molecule has 0 saturated carbocycles. The van der Waals surface area contributed by atoms with Crippen molar-refractivity contribution in [2.45, 2.75) is 0 Å². The van der Waals surface area contributed by atoms with Crippen LogP contribution in [0, 0.1) is 0 Å². The van der Waals surface area contributed by atoms with Gasteiger partial charge in [-0.05, 0) is 42.0 Å². The van der Waals surface area contributed by atoms with Gasteiger partial charge in [0.1, 0.15) is 5.69 Å². The number of nitrogens with one attached hydrogen (secondary N) is 2. The van der Waals surface area contributed by atoms with Crippen LogP contribution in [-0.2, 0) is 0 Å². The molecule has 1 aromatic carbocycles. The number of benzene rings is 1. The summed E-state index contributed by atoms with van der Waals surface area (Å²) in [6.45, 7) is 0. The highest BCUT2D eigenvalue weighted by Crippen LogP contribution is 2.19. The Balaban J connectivity index is 1.91. The molecule has 2 heterocycles. The maximum atomic E-state index is 12.2. The molecular formula is C17H14N4O2. The van der Waals surface area contributed by atoms with E-state index in [4.69, 9.17) is 5.73 Å². The maximum Gasteiger partial charge on any atom is 0.271 e. The smallest absolute Gasteiger partial charge is 0.271 e. The second kappa shape index (κ2) is 6.15. The van der Waals surface area contributed by atoms with Gasteiger partial charge in [-0.2, -0.15) is 0 Å². The SMILES string of the molecule is Nc1cccc(C(=O)Nc2cc(-c3ccncc3)c[nH]c2=O)c1. The van der Waals surface area contributed by atoms with Crippen LogP contribution in [0.4, 0.5) is 11.4 Å². The predicted octanol–water partition coefficient (Wildman–Crippen LogP) is 2.27. The van der Waals surface area contributed by atoms with Crippen molar-refractivity contribution in [2.24, 2.45) is 0 Å². The summed E-state index contributed by atoms with van der Waals surface area (Å²) in [5.41, 5.74) is 7.99. The van der Waals surface area contributed by atoms with Crippen LogP contribution in [0.1, 0.15) is 10.4 Å². The van der Waals surface area contributed by atoms with Gasteiger partial charge in [-0.15, -0.1) is 0 Å². The number of carbonyl (C=O) groups is 1. The summed E-state index contributed by atoms with van der Waals surface area (Å²) in [6, 6.07) is 11.8. The highest BCUT2D eigenvalue weighted by atomic mass is 16.2. The Morgan fingerprint density at radius 1 is 1.09 bits per heavy atom. The fourth-order valence-electron chi connectivity index (χ4n) is 2.16. The van der Waals surface area contributed by atoms with Crippen LogP contribution < -0.4 is 16.6 Å². The average Bonchev–Trinajstić information content (AvgIpc) is 2.57. The number of hydrogen-bond acceptors (Lipinski definition) is 4. The first-order valence-electron chi connectivity index (χ1n) is 6.93. The molecule has 0 unspecified atom stereocenters. The third-order valence-electron chi connectivity index (χ3n) is 3.31. The molecule has 3 aromatic rings. The molecule has 0 radical (unpaired) electrons. The number of nitrogens with two attached hydrogens (primary N) is 1. The lowest BCUT2D eigenvalue weighted by atomic mass is 10.1. The highest BCUT2D eigenvalue weighted by Gasteiger charge is 2.10. The molecule has 0 aliphatic rings. The number of anilines is 2. The Labute approximate surface area is 132 Å². The van der Waals surface area contributed by atoms with Crippen LogP contribution >= 0.6 is 0 Å². The lowest BCUT2D eigenvalue weighted by Crippen LogP contribution is -2.19. The van der Waals surface area contributed by atoms with Crippen molar-refractivity contribution >= 4 is 17.3 Å². The molecule has 23 heavy (non-hydrogen) atoms. The Morgan fingerprint density at radius 2 is 1.87 bits per heavy atom. The van der Waals surface area contributed by atoms with Crippen LogP contribution in [0.25, 0.3) is 11.1 Å². The molecule has 1 amide bonds. The Morgan fingerprint density at radius 3 is 2.61 bits per heavy atom. The summed E-state index contributed by atoms with van der Waals surface area (Å²) < 4.78 is 0. The Bertz CT molecular complexity index is 904. The van der Waals surface area contributed by atoms with E-state index in [1.165, 1.54) is 0 Å². The molecule has 0 bridgehead atoms. The maximum absolute atomic E-state index is 12.2. The van der Waals surface area contributed by atoms with Gasteiger partial charge in [0.2, 0.25) is 0 Å². The topological polar surface area (TPSA) is 101 Å². The number of rotatable bonds is 3. The van der Waals surface area contributed by atoms with E-state index in [0.717, 1.165) is 11.1 Å². The Kier molecular flexibility index (Phi) is 3.88. The summed E-state index contributed by atoms with van der Waals surface area (Å²) in [7, 11) is 0. The fraction of sp³-hybridized carbons (Fsp3) is 0. The molecule has 3 rings (SSSR count). The number of nitrogens with zero attached hydrogens (tertiary/aromatic N) is 1. The minimum absolute atomic E-state index is 0.173. The minimum atomic E-state index is -0.394. The third-order valence-corrected chi connectivity index (χ3v) is 3.31. The molecule has 114 valence electrons. The first-order valence-corrected chi connectivity index (χ1v) is 6.93. The molecular weight excluding hydrogens is 292 g/mol. The zero-order valence-electron chi connectivity index (χ0n) is 12.1. The zero-order chi connectivity index (χ0) is 16.2. The van der Waals surface area contributed by atoms with Crippen molar-refractivity contribution in [1.29, 1.82) is 0 Å². The Hall–Kier alpha value is -3.41. The van der Waals surface area contributed by atoms with Gasteiger partial charge in [0.15, 0.2) is 0 Å². The van der Waals surface area contributed by atoms with Crippen LogP contribution in [0.2, 0.25) is 0 Å². The molecule has 0 aliphatic carbocycles. The van der Waals surface area contributed by atoms with E-state index >= 15 is 0 Å². The minimum Gasteiger partial charge on any atom is -0.399 e. The molecule has 2 aromatic heterocycles. The number of carbonyl (C=O) groups excluding carboxylic acids is 1. The summed E-state index contributed by atoms with van der Waals surface area (Å²) in [4.78, 5) is 30.7. The normalized spacial score (nSPS) is 10.3. The molecule has 6 nitrogen and oxygen atoms in total. The molecule has 0 atom stereocenters. The molecule has 0 saturated heterocycles. The molecule has 6 heteroatoms. The van der Waals surface area contributed by atoms with Gasteiger partial charge < -0.3 is 16.0 Å². The van der Waals surface area contributed by atoms with Gasteiger partial charge in [-0.25, -0.2) is 0 Å². The van der Waals surface area contributed by atoms with Gasteiger partial charge in [-0.1, -0.05) is 6.07 Å². The lowest BCUT2D eigenvalue weighted by Gasteiger charge is -2.07. The quantitative estimate of drug-likeness (QED) is 0.646. The fourth-order valence-corrected chi connectivity index (χ4v) is 2.16. The number of H-pyrrole nitrogens is 1. The molecule has 0 aliphatic heterocycles. The van der Waals surface area contributed by atoms with Crippen molar-refractivity contribution in [2.75, 3.05) is 11.1 Å². The first kappa shape index (κ1) is 14.5. The monoisotopic (exact) mass is 306 g/mol. The number of pyridine rings is 2. The van der Waals surface area contributed by atoms with E-state index in [2.05, 4.69) is 15.3 Å². The van der Waals surface area contributed by atoms with Crippen molar-refractivity contribution in [1.82, 2.24) is 9.97 Å². The van der Waals surface area contributed by atoms with Crippen molar-refractivity contribution in [3.05, 3.63) is 77.0 Å². The summed E-state index contributed by atoms with van der Waals surface area (Å²) in [5, 5.41) is 2.61. The van der Waals surface area contributed by atoms with Crippen LogP contribution in [-0.4, -0.2) is 15.9 Å². The van der Waals surface area contributed by atoms with Crippen LogP contribution in [0.15, 0.2) is 65.8 Å². The van der Waals surface area contributed by atoms with Gasteiger partial charge in [0, 0.05) is 35.4 Å². The lowest BCUT2D eigenvalue weighted by molar-refractivity contribution is 0.102. The number of nitrogen functional groups attached to an aromatic ring is 1. The van der Waals surface area contributed by atoms with Gasteiger partial charge in [-0.3, -0.25) is 14.6 Å². The van der Waals surface area contributed by atoms with Crippen molar-refractivity contribution < 1.29 is 4.79 Å². The van der Waals surface area contributed by atoms with E-state index < -0.39 is 5.91 Å². The molecule has 0 spiro atoms. The number of amides is 1. The van der Waals surface area contributed by atoms with Crippen molar-refractivity contribution in [3.8, 4) is 11.1 Å². The van der Waals surface area contributed by atoms with Gasteiger partial charge in [0.25, 0.3) is 11.5 Å². The molecule has 0 fully saturated rings. The van der Waals surface area contributed by atoms with Crippen LogP contribution in [0.3, 0.4) is 0 Å². The van der Waals surface area contributed by atoms with E-state index in [1.807, 2.05) is 12.1 Å². The molecule has 4 N–H and O–H groups in total. The van der Waals surface area contributed by atoms with Crippen LogP contribution in [0.5, 0.6) is 0 Å². The highest BCUT2D eigenvalue weighted by molar-refractivity contribution is 6.04. The number of aromatic nitrogens is 2. The summed E-state index contributed by atoms with van der Waals surface area (Å²) >= 11 is 0. The zero-order valence-corrected chi connectivity index (χ0v) is 12.1. The predicted molar refractivity (Wildman–Crippen MR) is 89.1 cm³/mol. The largest absolute Gasteiger partial charge is 0.399 e.